The molecule has 0 aliphatic carbocycles. The molecule has 170 valence electrons. The molecular formula is C23H17ClN5O4S+. The molecule has 0 fully saturated rings. The van der Waals surface area contributed by atoms with Crippen molar-refractivity contribution in [3.63, 3.8) is 0 Å². The molecule has 0 bridgehead atoms. The Kier molecular flexibility index (Phi) is 5.68. The first-order valence-electron chi connectivity index (χ1n) is 10.2. The molecule has 1 atom stereocenters. The number of aromatic amines is 1. The van der Waals surface area contributed by atoms with Gasteiger partial charge in [-0.2, -0.15) is 0 Å². The lowest BCUT2D eigenvalue weighted by atomic mass is 10.0. The van der Waals surface area contributed by atoms with Gasteiger partial charge in [0.2, 0.25) is 5.16 Å². The van der Waals surface area contributed by atoms with Crippen molar-refractivity contribution in [2.45, 2.75) is 17.1 Å². The topological polar surface area (TPSA) is 125 Å². The molecule has 0 unspecified atom stereocenters. The highest BCUT2D eigenvalue weighted by atomic mass is 35.5. The third-order valence-electron chi connectivity index (χ3n) is 5.42. The van der Waals surface area contributed by atoms with E-state index < -0.39 is 22.5 Å². The molecule has 11 heteroatoms. The number of nitrogens with one attached hydrogen (secondary N) is 2. The quantitative estimate of drug-likeness (QED) is 0.164. The minimum Gasteiger partial charge on any atom is -0.502 e. The second kappa shape index (κ2) is 8.81. The number of hydrogen-bond donors (Lipinski definition) is 3. The third-order valence-corrected chi connectivity index (χ3v) is 6.70. The van der Waals surface area contributed by atoms with E-state index in [1.165, 1.54) is 28.6 Å². The molecule has 0 spiro atoms. The fourth-order valence-electron chi connectivity index (χ4n) is 3.80. The summed E-state index contributed by atoms with van der Waals surface area (Å²) in [6.07, 6.45) is -0.717. The summed E-state index contributed by atoms with van der Waals surface area (Å²) in [4.78, 5) is 26.8. The van der Waals surface area contributed by atoms with Gasteiger partial charge in [-0.1, -0.05) is 53.7 Å². The van der Waals surface area contributed by atoms with E-state index in [1.807, 2.05) is 36.4 Å². The first-order valence-corrected chi connectivity index (χ1v) is 11.5. The molecule has 0 amide bonds. The van der Waals surface area contributed by atoms with Gasteiger partial charge in [-0.15, -0.1) is 0 Å². The van der Waals surface area contributed by atoms with Gasteiger partial charge in [-0.3, -0.25) is 19.9 Å². The van der Waals surface area contributed by atoms with Crippen molar-refractivity contribution in [3.05, 3.63) is 103 Å². The number of aromatic nitrogens is 3. The largest absolute Gasteiger partial charge is 0.502 e. The number of fused-ring (bicyclic) bond motifs is 3. The van der Waals surface area contributed by atoms with Gasteiger partial charge in [-0.25, -0.2) is 0 Å². The summed E-state index contributed by atoms with van der Waals surface area (Å²) in [5.41, 5.74) is 2.24. The maximum absolute atomic E-state index is 13.2. The lowest BCUT2D eigenvalue weighted by Crippen LogP contribution is -2.55. The number of hydrogen-bond acceptors (Lipinski definition) is 7. The normalized spacial score (nSPS) is 14.1. The highest BCUT2D eigenvalue weighted by Gasteiger charge is 2.38. The van der Waals surface area contributed by atoms with E-state index in [1.54, 1.807) is 18.2 Å². The summed E-state index contributed by atoms with van der Waals surface area (Å²) in [6.45, 7) is 0. The van der Waals surface area contributed by atoms with Crippen LogP contribution in [0.5, 0.6) is 5.75 Å². The average Bonchev–Trinajstić information content (AvgIpc) is 2.83. The van der Waals surface area contributed by atoms with E-state index in [2.05, 4.69) is 15.4 Å². The van der Waals surface area contributed by atoms with Crippen LogP contribution in [0.2, 0.25) is 5.02 Å². The first kappa shape index (κ1) is 21.9. The number of H-pyrrole nitrogens is 1. The molecule has 1 aliphatic heterocycles. The number of phenols is 1. The van der Waals surface area contributed by atoms with Crippen LogP contribution in [0.4, 0.5) is 11.4 Å². The second-order valence-corrected chi connectivity index (χ2v) is 8.90. The molecular weight excluding hydrogens is 478 g/mol. The van der Waals surface area contributed by atoms with Gasteiger partial charge < -0.3 is 10.4 Å². The van der Waals surface area contributed by atoms with E-state index in [9.17, 15) is 20.0 Å². The minimum atomic E-state index is -0.717. The van der Waals surface area contributed by atoms with Gasteiger partial charge in [0.15, 0.2) is 5.75 Å². The van der Waals surface area contributed by atoms with E-state index >= 15 is 0 Å². The summed E-state index contributed by atoms with van der Waals surface area (Å²) >= 11 is 7.57. The Bertz CT molecular complexity index is 1490. The predicted molar refractivity (Wildman–Crippen MR) is 128 cm³/mol. The number of nitrogens with zero attached hydrogens (tertiary/aromatic N) is 3. The van der Waals surface area contributed by atoms with E-state index in [4.69, 9.17) is 11.6 Å². The van der Waals surface area contributed by atoms with E-state index in [-0.39, 0.29) is 5.56 Å². The van der Waals surface area contributed by atoms with Gasteiger partial charge in [0.25, 0.3) is 6.17 Å². The fourth-order valence-corrected chi connectivity index (χ4v) is 4.93. The van der Waals surface area contributed by atoms with Gasteiger partial charge in [0.05, 0.1) is 21.7 Å². The number of nitro groups is 1. The molecule has 0 radical (unpaired) electrons. The molecule has 5 rings (SSSR count). The highest BCUT2D eigenvalue weighted by Crippen LogP contribution is 2.34. The summed E-state index contributed by atoms with van der Waals surface area (Å²) in [5, 5.41) is 30.2. The van der Waals surface area contributed by atoms with Crippen molar-refractivity contribution in [1.29, 1.82) is 0 Å². The summed E-state index contributed by atoms with van der Waals surface area (Å²) in [7, 11) is 0. The Balaban J connectivity index is 1.61. The summed E-state index contributed by atoms with van der Waals surface area (Å²) in [6, 6.07) is 18.8. The van der Waals surface area contributed by atoms with Crippen molar-refractivity contribution in [3.8, 4) is 17.0 Å². The Morgan fingerprint density at radius 2 is 1.91 bits per heavy atom. The molecule has 2 heterocycles. The maximum atomic E-state index is 13.2. The van der Waals surface area contributed by atoms with Crippen molar-refractivity contribution < 1.29 is 14.7 Å². The van der Waals surface area contributed by atoms with Crippen LogP contribution in [-0.4, -0.2) is 20.1 Å². The van der Waals surface area contributed by atoms with Crippen molar-refractivity contribution in [2.24, 2.45) is 0 Å². The SMILES string of the molecule is O=c1[nH]c(SCc2ccccc2Cl)n[n+]2c1-c1ccccc1N[C@@H]2c1ccc(O)c([N+](=O)[O-])c1. The zero-order chi connectivity index (χ0) is 23.8. The van der Waals surface area contributed by atoms with Crippen molar-refractivity contribution in [2.75, 3.05) is 5.32 Å². The maximum Gasteiger partial charge on any atom is 0.325 e. The predicted octanol–water partition coefficient (Wildman–Crippen LogP) is 4.26. The second-order valence-electron chi connectivity index (χ2n) is 7.53. The molecule has 1 aliphatic rings. The van der Waals surface area contributed by atoms with Crippen LogP contribution < -0.4 is 15.6 Å². The molecule has 9 nitrogen and oxygen atoms in total. The lowest BCUT2D eigenvalue weighted by molar-refractivity contribution is -0.759. The molecule has 3 N–H and O–H groups in total. The number of halogens is 1. The Hall–Kier alpha value is -3.89. The molecule has 3 aromatic carbocycles. The molecule has 0 saturated heterocycles. The summed E-state index contributed by atoms with van der Waals surface area (Å²) in [5.74, 6) is 0.0476. The van der Waals surface area contributed by atoms with Crippen LogP contribution in [0.1, 0.15) is 17.3 Å². The first-order chi connectivity index (χ1) is 16.4. The van der Waals surface area contributed by atoms with Gasteiger partial charge in [-0.05, 0) is 40.6 Å². The number of para-hydroxylation sites is 1. The van der Waals surface area contributed by atoms with Crippen LogP contribution in [-0.2, 0) is 5.75 Å². The van der Waals surface area contributed by atoms with Crippen molar-refractivity contribution >= 4 is 34.7 Å². The van der Waals surface area contributed by atoms with Crippen LogP contribution in [0, 0.1) is 10.1 Å². The zero-order valence-corrected chi connectivity index (χ0v) is 19.0. The summed E-state index contributed by atoms with van der Waals surface area (Å²) < 4.78 is 1.52. The minimum absolute atomic E-state index is 0.317. The third kappa shape index (κ3) is 3.97. The number of aromatic hydroxyl groups is 1. The Morgan fingerprint density at radius 1 is 1.15 bits per heavy atom. The van der Waals surface area contributed by atoms with E-state index in [0.29, 0.717) is 38.4 Å². The Morgan fingerprint density at radius 3 is 2.71 bits per heavy atom. The van der Waals surface area contributed by atoms with Gasteiger partial charge in [0, 0.05) is 21.9 Å². The smallest absolute Gasteiger partial charge is 0.325 e. The monoisotopic (exact) mass is 494 g/mol. The molecule has 34 heavy (non-hydrogen) atoms. The van der Waals surface area contributed by atoms with Crippen LogP contribution >= 0.6 is 23.4 Å². The Labute approximate surface area is 202 Å². The zero-order valence-electron chi connectivity index (χ0n) is 17.4. The molecule has 0 saturated carbocycles. The van der Waals surface area contributed by atoms with Crippen molar-refractivity contribution in [1.82, 2.24) is 10.1 Å². The number of phenolic OH excluding ortho intramolecular Hbond substituents is 1. The van der Waals surface area contributed by atoms with Crippen LogP contribution in [0.25, 0.3) is 11.3 Å². The van der Waals surface area contributed by atoms with Gasteiger partial charge >= 0.3 is 16.9 Å². The van der Waals surface area contributed by atoms with E-state index in [0.717, 1.165) is 5.56 Å². The lowest BCUT2D eigenvalue weighted by Gasteiger charge is -2.22. The molecule has 4 aromatic rings. The standard InChI is InChI=1S/C23H16ClN5O4S/c24-16-7-3-1-5-14(16)12-34-23-26-22(31)20-15-6-2-4-8-17(15)25-21(28(20)27-23)13-9-10-19(30)18(11-13)29(32)33/h1-11,21H,12H2,(H2,26,27,30,31)/p+1/t21-/m0/s1. The number of nitro benzene ring substituents is 1. The number of benzene rings is 3. The number of anilines is 1. The van der Waals surface area contributed by atoms with Gasteiger partial charge in [0.1, 0.15) is 0 Å². The highest BCUT2D eigenvalue weighted by molar-refractivity contribution is 7.98. The average molecular weight is 495 g/mol. The van der Waals surface area contributed by atoms with Crippen LogP contribution in [0.3, 0.4) is 0 Å². The fraction of sp³-hybridized carbons (Fsp3) is 0.0870. The number of rotatable bonds is 5. The number of thioether (sulfide) groups is 1. The molecule has 1 aromatic heterocycles. The van der Waals surface area contributed by atoms with Crippen LogP contribution in [0.15, 0.2) is 76.7 Å².